The Morgan fingerprint density at radius 1 is 1.59 bits per heavy atom. The molecule has 0 amide bonds. The van der Waals surface area contributed by atoms with Gasteiger partial charge in [0, 0.05) is 26.3 Å². The molecule has 1 aromatic heterocycles. The lowest BCUT2D eigenvalue weighted by Crippen LogP contribution is -2.31. The SMILES string of the molecule is CN(CC1CCCOC1)c1cc(NN)ncn1. The smallest absolute Gasteiger partial charge is 0.145 e. The number of nitrogen functional groups attached to an aromatic ring is 1. The highest BCUT2D eigenvalue weighted by Crippen LogP contribution is 2.18. The molecule has 6 nitrogen and oxygen atoms in total. The van der Waals surface area contributed by atoms with Crippen molar-refractivity contribution in [3.05, 3.63) is 12.4 Å². The molecule has 2 rings (SSSR count). The Balaban J connectivity index is 1.95. The zero-order valence-corrected chi connectivity index (χ0v) is 10.1. The Labute approximate surface area is 101 Å². The highest BCUT2D eigenvalue weighted by atomic mass is 16.5. The second-order valence-corrected chi connectivity index (χ2v) is 4.37. The van der Waals surface area contributed by atoms with Crippen LogP contribution in [-0.4, -0.2) is 36.8 Å². The number of nitrogens with zero attached hydrogens (tertiary/aromatic N) is 3. The van der Waals surface area contributed by atoms with Gasteiger partial charge < -0.3 is 15.1 Å². The summed E-state index contributed by atoms with van der Waals surface area (Å²) in [7, 11) is 2.03. The number of hydrazine groups is 1. The van der Waals surface area contributed by atoms with E-state index in [1.54, 1.807) is 0 Å². The molecule has 0 radical (unpaired) electrons. The zero-order valence-electron chi connectivity index (χ0n) is 10.1. The summed E-state index contributed by atoms with van der Waals surface area (Å²) in [6, 6.07) is 1.84. The fourth-order valence-corrected chi connectivity index (χ4v) is 2.07. The van der Waals surface area contributed by atoms with Gasteiger partial charge in [0.2, 0.25) is 0 Å². The molecule has 1 saturated heterocycles. The second kappa shape index (κ2) is 5.79. The monoisotopic (exact) mass is 237 g/mol. The molecular formula is C11H19N5O. The van der Waals surface area contributed by atoms with Crippen LogP contribution in [0.1, 0.15) is 12.8 Å². The molecule has 1 aliphatic heterocycles. The minimum Gasteiger partial charge on any atom is -0.381 e. The number of hydrogen-bond acceptors (Lipinski definition) is 6. The van der Waals surface area contributed by atoms with E-state index in [1.807, 2.05) is 13.1 Å². The first-order valence-corrected chi connectivity index (χ1v) is 5.87. The minimum atomic E-state index is 0.581. The van der Waals surface area contributed by atoms with Gasteiger partial charge in [-0.2, -0.15) is 0 Å². The van der Waals surface area contributed by atoms with Gasteiger partial charge in [-0.3, -0.25) is 0 Å². The highest BCUT2D eigenvalue weighted by Gasteiger charge is 2.16. The van der Waals surface area contributed by atoms with E-state index in [4.69, 9.17) is 10.6 Å². The Morgan fingerprint density at radius 2 is 2.47 bits per heavy atom. The molecule has 0 saturated carbocycles. The average molecular weight is 237 g/mol. The van der Waals surface area contributed by atoms with Gasteiger partial charge in [-0.15, -0.1) is 0 Å². The molecule has 0 aromatic carbocycles. The third-order valence-corrected chi connectivity index (χ3v) is 2.98. The molecule has 1 atom stereocenters. The van der Waals surface area contributed by atoms with Crippen LogP contribution in [0.3, 0.4) is 0 Å². The molecule has 0 spiro atoms. The van der Waals surface area contributed by atoms with Crippen molar-refractivity contribution in [2.45, 2.75) is 12.8 Å². The number of nitrogens with one attached hydrogen (secondary N) is 1. The maximum atomic E-state index is 5.47. The van der Waals surface area contributed by atoms with E-state index in [0.29, 0.717) is 11.7 Å². The van der Waals surface area contributed by atoms with E-state index in [9.17, 15) is 0 Å². The van der Waals surface area contributed by atoms with E-state index >= 15 is 0 Å². The van der Waals surface area contributed by atoms with Crippen molar-refractivity contribution >= 4 is 11.6 Å². The third kappa shape index (κ3) is 3.28. The summed E-state index contributed by atoms with van der Waals surface area (Å²) in [4.78, 5) is 10.3. The molecule has 17 heavy (non-hydrogen) atoms. The van der Waals surface area contributed by atoms with Crippen molar-refractivity contribution in [1.82, 2.24) is 9.97 Å². The maximum absolute atomic E-state index is 5.47. The van der Waals surface area contributed by atoms with E-state index in [1.165, 1.54) is 12.7 Å². The Morgan fingerprint density at radius 3 is 3.18 bits per heavy atom. The average Bonchev–Trinajstić information content (AvgIpc) is 2.40. The molecule has 1 unspecified atom stereocenters. The second-order valence-electron chi connectivity index (χ2n) is 4.37. The molecule has 0 bridgehead atoms. The lowest BCUT2D eigenvalue weighted by molar-refractivity contribution is 0.0576. The fraction of sp³-hybridized carbons (Fsp3) is 0.636. The van der Waals surface area contributed by atoms with E-state index in [0.717, 1.165) is 32.0 Å². The summed E-state index contributed by atoms with van der Waals surface area (Å²) in [6.07, 6.45) is 3.88. The number of rotatable bonds is 4. The number of hydrogen-bond donors (Lipinski definition) is 2. The predicted octanol–water partition coefficient (Wildman–Crippen LogP) is 0.625. The normalized spacial score (nSPS) is 20.0. The number of nitrogens with two attached hydrogens (primary N) is 1. The first-order valence-electron chi connectivity index (χ1n) is 5.87. The van der Waals surface area contributed by atoms with Crippen LogP contribution in [0.15, 0.2) is 12.4 Å². The predicted molar refractivity (Wildman–Crippen MR) is 66.7 cm³/mol. The Kier molecular flexibility index (Phi) is 4.11. The van der Waals surface area contributed by atoms with Gasteiger partial charge in [0.15, 0.2) is 0 Å². The summed E-state index contributed by atoms with van der Waals surface area (Å²) in [5.74, 6) is 7.41. The molecule has 6 heteroatoms. The number of ether oxygens (including phenoxy) is 1. The Hall–Kier alpha value is -1.40. The molecule has 1 aromatic rings. The minimum absolute atomic E-state index is 0.581. The van der Waals surface area contributed by atoms with Crippen LogP contribution in [0, 0.1) is 5.92 Å². The van der Waals surface area contributed by atoms with Gasteiger partial charge in [0.05, 0.1) is 6.61 Å². The number of aromatic nitrogens is 2. The van der Waals surface area contributed by atoms with E-state index in [-0.39, 0.29) is 0 Å². The third-order valence-electron chi connectivity index (χ3n) is 2.98. The van der Waals surface area contributed by atoms with Crippen molar-refractivity contribution in [2.24, 2.45) is 11.8 Å². The van der Waals surface area contributed by atoms with Gasteiger partial charge in [0.1, 0.15) is 18.0 Å². The topological polar surface area (TPSA) is 76.3 Å². The molecule has 3 N–H and O–H groups in total. The lowest BCUT2D eigenvalue weighted by Gasteiger charge is -2.27. The van der Waals surface area contributed by atoms with Gasteiger partial charge in [-0.25, -0.2) is 15.8 Å². The fourth-order valence-electron chi connectivity index (χ4n) is 2.07. The van der Waals surface area contributed by atoms with Crippen molar-refractivity contribution in [2.75, 3.05) is 37.1 Å². The molecule has 2 heterocycles. The van der Waals surface area contributed by atoms with Crippen molar-refractivity contribution in [3.8, 4) is 0 Å². The maximum Gasteiger partial charge on any atom is 0.145 e. The van der Waals surface area contributed by atoms with Crippen LogP contribution < -0.4 is 16.2 Å². The quantitative estimate of drug-likeness (QED) is 0.590. The van der Waals surface area contributed by atoms with Crippen molar-refractivity contribution in [3.63, 3.8) is 0 Å². The standard InChI is InChI=1S/C11H19N5O/c1-16(6-9-3-2-4-17-7-9)11-5-10(15-12)13-8-14-11/h5,8-9H,2-4,6-7,12H2,1H3,(H,13,14,15). The largest absolute Gasteiger partial charge is 0.381 e. The summed E-state index contributed by atoms with van der Waals surface area (Å²) in [6.45, 7) is 2.69. The molecule has 1 aliphatic rings. The summed E-state index contributed by atoms with van der Waals surface area (Å²) < 4.78 is 5.47. The van der Waals surface area contributed by atoms with Crippen LogP contribution in [0.4, 0.5) is 11.6 Å². The molecular weight excluding hydrogens is 218 g/mol. The Bertz CT molecular complexity index is 353. The summed E-state index contributed by atoms with van der Waals surface area (Å²) in [5.41, 5.74) is 2.52. The van der Waals surface area contributed by atoms with Gasteiger partial charge >= 0.3 is 0 Å². The molecule has 0 aliphatic carbocycles. The first-order chi connectivity index (χ1) is 8.29. The van der Waals surface area contributed by atoms with Crippen LogP contribution in [0.5, 0.6) is 0 Å². The van der Waals surface area contributed by atoms with E-state index in [2.05, 4.69) is 20.3 Å². The van der Waals surface area contributed by atoms with Crippen LogP contribution in [-0.2, 0) is 4.74 Å². The van der Waals surface area contributed by atoms with Crippen LogP contribution >= 0.6 is 0 Å². The van der Waals surface area contributed by atoms with Crippen LogP contribution in [0.2, 0.25) is 0 Å². The molecule has 1 fully saturated rings. The van der Waals surface area contributed by atoms with Crippen LogP contribution in [0.25, 0.3) is 0 Å². The lowest BCUT2D eigenvalue weighted by atomic mass is 10.0. The van der Waals surface area contributed by atoms with E-state index < -0.39 is 0 Å². The molecule has 94 valence electrons. The summed E-state index contributed by atoms with van der Waals surface area (Å²) in [5, 5.41) is 0. The highest BCUT2D eigenvalue weighted by molar-refractivity contribution is 5.47. The zero-order chi connectivity index (χ0) is 12.1. The van der Waals surface area contributed by atoms with Gasteiger partial charge in [-0.05, 0) is 18.8 Å². The number of anilines is 2. The summed E-state index contributed by atoms with van der Waals surface area (Å²) >= 11 is 0. The van der Waals surface area contributed by atoms with Gasteiger partial charge in [0.25, 0.3) is 0 Å². The first kappa shape index (κ1) is 12.1. The van der Waals surface area contributed by atoms with Gasteiger partial charge in [-0.1, -0.05) is 0 Å². The van der Waals surface area contributed by atoms with Crippen molar-refractivity contribution in [1.29, 1.82) is 0 Å². The van der Waals surface area contributed by atoms with Crippen molar-refractivity contribution < 1.29 is 4.74 Å².